The second kappa shape index (κ2) is 8.91. The zero-order valence-corrected chi connectivity index (χ0v) is 15.0. The van der Waals surface area contributed by atoms with E-state index in [-0.39, 0.29) is 0 Å². The van der Waals surface area contributed by atoms with Crippen LogP contribution in [0.3, 0.4) is 0 Å². The van der Waals surface area contributed by atoms with Crippen molar-refractivity contribution in [3.05, 3.63) is 0 Å². The lowest BCUT2D eigenvalue weighted by molar-refractivity contribution is -0.108. The fraction of sp³-hybridized carbons (Fsp3) is 0.938. The molecule has 0 bridgehead atoms. The number of aldehydes is 1. The smallest absolute Gasteiger partial charge is 0.200 e. The Kier molecular flexibility index (Phi) is 8.84. The van der Waals surface area contributed by atoms with E-state index in [1.807, 2.05) is 0 Å². The first-order valence-corrected chi connectivity index (χ1v) is 10.0. The molecule has 0 amide bonds. The van der Waals surface area contributed by atoms with Crippen LogP contribution in [0, 0.1) is 5.92 Å². The molecule has 0 unspecified atom stereocenters. The third-order valence-electron chi connectivity index (χ3n) is 4.34. The van der Waals surface area contributed by atoms with Gasteiger partial charge in [0, 0.05) is 13.0 Å². The normalized spacial score (nSPS) is 14.4. The molecule has 1 atom stereocenters. The summed E-state index contributed by atoms with van der Waals surface area (Å²) in [4.78, 5) is 10.3. The Bertz CT molecular complexity index is 227. The van der Waals surface area contributed by atoms with Crippen LogP contribution in [0.15, 0.2) is 0 Å². The molecule has 0 aliphatic carbocycles. The van der Waals surface area contributed by atoms with Gasteiger partial charge in [0.2, 0.25) is 0 Å². The van der Waals surface area contributed by atoms with E-state index in [9.17, 15) is 4.79 Å². The quantitative estimate of drug-likeness (QED) is 0.314. The molecular weight excluding hydrogens is 252 g/mol. The van der Waals surface area contributed by atoms with Gasteiger partial charge >= 0.3 is 0 Å². The van der Waals surface area contributed by atoms with Crippen molar-refractivity contribution in [2.24, 2.45) is 5.92 Å². The van der Waals surface area contributed by atoms with Crippen LogP contribution in [0.2, 0.25) is 16.6 Å². The minimum Gasteiger partial charge on any atom is -0.416 e. The first-order valence-electron chi connectivity index (χ1n) is 7.86. The van der Waals surface area contributed by atoms with Crippen LogP contribution in [0.1, 0.15) is 67.7 Å². The fourth-order valence-corrected chi connectivity index (χ4v) is 8.99. The van der Waals surface area contributed by atoms with Crippen LogP contribution >= 0.6 is 0 Å². The third kappa shape index (κ3) is 5.39. The second-order valence-corrected chi connectivity index (χ2v) is 12.3. The summed E-state index contributed by atoms with van der Waals surface area (Å²) >= 11 is 0. The molecule has 114 valence electrons. The summed E-state index contributed by atoms with van der Waals surface area (Å²) in [5.41, 5.74) is 1.94. The zero-order chi connectivity index (χ0) is 15.1. The average Bonchev–Trinajstić information content (AvgIpc) is 2.28. The lowest BCUT2D eigenvalue weighted by Crippen LogP contribution is -2.48. The van der Waals surface area contributed by atoms with Crippen LogP contribution in [-0.4, -0.2) is 21.2 Å². The molecule has 2 nitrogen and oxygen atoms in total. The Morgan fingerprint density at radius 1 is 0.947 bits per heavy atom. The first-order chi connectivity index (χ1) is 8.78. The highest BCUT2D eigenvalue weighted by atomic mass is 28.4. The lowest BCUT2D eigenvalue weighted by atomic mass is 10.1. The molecule has 0 aromatic carbocycles. The van der Waals surface area contributed by atoms with Crippen molar-refractivity contribution < 1.29 is 9.22 Å². The fourth-order valence-electron chi connectivity index (χ4n) is 3.42. The molecule has 19 heavy (non-hydrogen) atoms. The topological polar surface area (TPSA) is 26.3 Å². The van der Waals surface area contributed by atoms with Gasteiger partial charge in [-0.1, -0.05) is 48.5 Å². The molecule has 0 aliphatic heterocycles. The molecule has 0 spiro atoms. The number of unbranched alkanes of at least 4 members (excludes halogenated alkanes) is 1. The van der Waals surface area contributed by atoms with Gasteiger partial charge in [-0.05, 0) is 35.4 Å². The maximum Gasteiger partial charge on any atom is 0.200 e. The highest BCUT2D eigenvalue weighted by Gasteiger charge is 2.45. The van der Waals surface area contributed by atoms with Gasteiger partial charge in [0.1, 0.15) is 6.29 Å². The van der Waals surface area contributed by atoms with Gasteiger partial charge in [0.15, 0.2) is 8.32 Å². The molecule has 0 radical (unpaired) electrons. The maximum absolute atomic E-state index is 10.3. The molecule has 0 aromatic rings. The molecule has 3 heteroatoms. The van der Waals surface area contributed by atoms with Crippen LogP contribution in [0.25, 0.3) is 0 Å². The molecule has 0 N–H and O–H groups in total. The van der Waals surface area contributed by atoms with Gasteiger partial charge < -0.3 is 9.22 Å². The van der Waals surface area contributed by atoms with Gasteiger partial charge in [-0.2, -0.15) is 0 Å². The van der Waals surface area contributed by atoms with Crippen molar-refractivity contribution in [2.75, 3.05) is 6.61 Å². The summed E-state index contributed by atoms with van der Waals surface area (Å²) in [5.74, 6) is 0.558. The molecule has 0 rings (SSSR count). The lowest BCUT2D eigenvalue weighted by Gasteiger charge is -2.42. The summed E-state index contributed by atoms with van der Waals surface area (Å²) in [6.07, 6.45) is 3.79. The van der Waals surface area contributed by atoms with Gasteiger partial charge in [-0.15, -0.1) is 0 Å². The Hall–Kier alpha value is -0.153. The standard InChI is InChI=1S/C16H34O2Si/c1-13(2)19(14(3)4,15(5)6)18-12-16(7)10-8-9-11-17/h11,13-16H,8-10,12H2,1-7H3/t16-/m0/s1. The first kappa shape index (κ1) is 18.8. The van der Waals surface area contributed by atoms with E-state index in [0.717, 1.165) is 25.7 Å². The maximum atomic E-state index is 10.3. The minimum absolute atomic E-state index is 0.558. The summed E-state index contributed by atoms with van der Waals surface area (Å²) in [6, 6.07) is 0. The van der Waals surface area contributed by atoms with Crippen molar-refractivity contribution >= 4 is 14.6 Å². The number of hydrogen-bond donors (Lipinski definition) is 0. The van der Waals surface area contributed by atoms with Crippen molar-refractivity contribution in [3.8, 4) is 0 Å². The molecule has 0 aliphatic rings. The van der Waals surface area contributed by atoms with E-state index in [0.29, 0.717) is 29.0 Å². The molecular formula is C16H34O2Si. The highest BCUT2D eigenvalue weighted by Crippen LogP contribution is 2.42. The van der Waals surface area contributed by atoms with Gasteiger partial charge in [-0.3, -0.25) is 0 Å². The van der Waals surface area contributed by atoms with E-state index in [4.69, 9.17) is 4.43 Å². The largest absolute Gasteiger partial charge is 0.416 e. The highest BCUT2D eigenvalue weighted by molar-refractivity contribution is 6.77. The zero-order valence-electron chi connectivity index (χ0n) is 14.0. The van der Waals surface area contributed by atoms with Crippen molar-refractivity contribution in [3.63, 3.8) is 0 Å². The summed E-state index contributed by atoms with van der Waals surface area (Å²) in [6.45, 7) is 17.0. The average molecular weight is 287 g/mol. The predicted octanol–water partition coefficient (Wildman–Crippen LogP) is 5.18. The summed E-state index contributed by atoms with van der Waals surface area (Å²) in [7, 11) is -1.71. The number of carbonyl (C=O) groups excluding carboxylic acids is 1. The van der Waals surface area contributed by atoms with Crippen LogP contribution in [0.5, 0.6) is 0 Å². The Labute approximate surface area is 121 Å². The molecule has 0 saturated heterocycles. The van der Waals surface area contributed by atoms with Gasteiger partial charge in [-0.25, -0.2) is 0 Å². The predicted molar refractivity (Wildman–Crippen MR) is 86.1 cm³/mol. The van der Waals surface area contributed by atoms with Crippen molar-refractivity contribution in [2.45, 2.75) is 84.4 Å². The van der Waals surface area contributed by atoms with E-state index in [1.54, 1.807) is 0 Å². The summed E-state index contributed by atoms with van der Waals surface area (Å²) in [5, 5.41) is 0. The SMILES string of the molecule is CC(C)[Si](OC[C@@H](C)CCCC=O)(C(C)C)C(C)C. The van der Waals surface area contributed by atoms with Crippen LogP contribution in [-0.2, 0) is 9.22 Å². The second-order valence-electron chi connectivity index (χ2n) is 6.83. The van der Waals surface area contributed by atoms with E-state index < -0.39 is 8.32 Å². The Morgan fingerprint density at radius 3 is 1.79 bits per heavy atom. The van der Waals surface area contributed by atoms with E-state index in [2.05, 4.69) is 48.5 Å². The number of hydrogen-bond acceptors (Lipinski definition) is 2. The number of rotatable bonds is 10. The van der Waals surface area contributed by atoms with Gasteiger partial charge in [0.25, 0.3) is 0 Å². The Balaban J connectivity index is 4.54. The van der Waals surface area contributed by atoms with Crippen molar-refractivity contribution in [1.29, 1.82) is 0 Å². The van der Waals surface area contributed by atoms with E-state index >= 15 is 0 Å². The molecule has 0 saturated carbocycles. The number of carbonyl (C=O) groups is 1. The van der Waals surface area contributed by atoms with Gasteiger partial charge in [0.05, 0.1) is 0 Å². The summed E-state index contributed by atoms with van der Waals surface area (Å²) < 4.78 is 6.56. The third-order valence-corrected chi connectivity index (χ3v) is 10.4. The van der Waals surface area contributed by atoms with Crippen molar-refractivity contribution in [1.82, 2.24) is 0 Å². The van der Waals surface area contributed by atoms with Crippen LogP contribution < -0.4 is 0 Å². The van der Waals surface area contributed by atoms with Crippen LogP contribution in [0.4, 0.5) is 0 Å². The Morgan fingerprint density at radius 2 is 1.42 bits per heavy atom. The molecule has 0 fully saturated rings. The minimum atomic E-state index is -1.71. The molecule has 0 aromatic heterocycles. The van der Waals surface area contributed by atoms with E-state index in [1.165, 1.54) is 0 Å². The monoisotopic (exact) mass is 286 g/mol. The molecule has 0 heterocycles.